The van der Waals surface area contributed by atoms with Crippen LogP contribution in [0.3, 0.4) is 0 Å². The Labute approximate surface area is 186 Å². The van der Waals surface area contributed by atoms with Crippen LogP contribution in [0.5, 0.6) is 5.75 Å². The Balaban J connectivity index is 2.22. The van der Waals surface area contributed by atoms with Crippen LogP contribution in [-0.2, 0) is 16.1 Å². The lowest BCUT2D eigenvalue weighted by Gasteiger charge is -2.31. The Morgan fingerprint density at radius 2 is 1.61 bits per heavy atom. The van der Waals surface area contributed by atoms with Crippen LogP contribution < -0.4 is 10.1 Å². The van der Waals surface area contributed by atoms with Gasteiger partial charge in [-0.1, -0.05) is 61.4 Å². The summed E-state index contributed by atoms with van der Waals surface area (Å²) in [5.74, 6) is 0.363. The third-order valence-electron chi connectivity index (χ3n) is 5.54. The van der Waals surface area contributed by atoms with Crippen molar-refractivity contribution < 1.29 is 14.3 Å². The minimum absolute atomic E-state index is 0.0596. The fourth-order valence-electron chi connectivity index (χ4n) is 3.43. The average Bonchev–Trinajstić information content (AvgIpc) is 2.74. The molecular formula is C26H36N2O3. The van der Waals surface area contributed by atoms with E-state index < -0.39 is 6.04 Å². The second kappa shape index (κ2) is 11.5. The Bertz CT molecular complexity index is 877. The van der Waals surface area contributed by atoms with E-state index in [2.05, 4.69) is 5.32 Å². The first-order chi connectivity index (χ1) is 14.7. The molecule has 0 aromatic heterocycles. The van der Waals surface area contributed by atoms with Gasteiger partial charge in [0.1, 0.15) is 11.8 Å². The Kier molecular flexibility index (Phi) is 9.10. The molecule has 0 fully saturated rings. The van der Waals surface area contributed by atoms with Gasteiger partial charge in [-0.2, -0.15) is 0 Å². The van der Waals surface area contributed by atoms with Crippen LogP contribution in [0.1, 0.15) is 55.9 Å². The summed E-state index contributed by atoms with van der Waals surface area (Å²) in [4.78, 5) is 27.8. The number of aryl methyl sites for hydroxylation is 3. The number of ether oxygens (including phenoxy) is 1. The molecule has 2 rings (SSSR count). The SMILES string of the molecule is CC[C@@H](C)NC(=O)[C@@H](CC)N(Cc1ccc(C)cc1)C(=O)COc1ccc(C)cc1C. The van der Waals surface area contributed by atoms with E-state index in [-0.39, 0.29) is 24.5 Å². The summed E-state index contributed by atoms with van der Waals surface area (Å²) in [6.45, 7) is 12.2. The van der Waals surface area contributed by atoms with Gasteiger partial charge < -0.3 is 15.0 Å². The summed E-state index contributed by atoms with van der Waals surface area (Å²) >= 11 is 0. The van der Waals surface area contributed by atoms with E-state index >= 15 is 0 Å². The molecule has 31 heavy (non-hydrogen) atoms. The van der Waals surface area contributed by atoms with Crippen molar-refractivity contribution in [1.29, 1.82) is 0 Å². The molecule has 0 aliphatic heterocycles. The maximum Gasteiger partial charge on any atom is 0.261 e. The molecule has 0 radical (unpaired) electrons. The molecule has 168 valence electrons. The number of carbonyl (C=O) groups is 2. The monoisotopic (exact) mass is 424 g/mol. The predicted molar refractivity (Wildman–Crippen MR) is 125 cm³/mol. The van der Waals surface area contributed by atoms with Crippen LogP contribution >= 0.6 is 0 Å². The molecule has 0 spiro atoms. The minimum Gasteiger partial charge on any atom is -0.483 e. The molecule has 2 aromatic rings. The van der Waals surface area contributed by atoms with Crippen molar-refractivity contribution in [3.05, 3.63) is 64.7 Å². The van der Waals surface area contributed by atoms with Gasteiger partial charge in [-0.3, -0.25) is 9.59 Å². The average molecular weight is 425 g/mol. The normalized spacial score (nSPS) is 12.7. The number of benzene rings is 2. The fourth-order valence-corrected chi connectivity index (χ4v) is 3.43. The largest absolute Gasteiger partial charge is 0.483 e. The maximum absolute atomic E-state index is 13.2. The molecular weight excluding hydrogens is 388 g/mol. The molecule has 0 unspecified atom stereocenters. The molecule has 0 heterocycles. The first kappa shape index (κ1) is 24.4. The van der Waals surface area contributed by atoms with Crippen LogP contribution in [0.25, 0.3) is 0 Å². The predicted octanol–water partition coefficient (Wildman–Crippen LogP) is 4.71. The second-order valence-electron chi connectivity index (χ2n) is 8.31. The molecule has 2 amide bonds. The van der Waals surface area contributed by atoms with Gasteiger partial charge >= 0.3 is 0 Å². The minimum atomic E-state index is -0.550. The number of amides is 2. The van der Waals surface area contributed by atoms with Crippen molar-refractivity contribution >= 4 is 11.8 Å². The summed E-state index contributed by atoms with van der Waals surface area (Å²) in [5, 5.41) is 3.03. The highest BCUT2D eigenvalue weighted by Gasteiger charge is 2.29. The summed E-state index contributed by atoms with van der Waals surface area (Å²) in [7, 11) is 0. The van der Waals surface area contributed by atoms with E-state index in [1.807, 2.05) is 84.0 Å². The number of nitrogens with one attached hydrogen (secondary N) is 1. The molecule has 5 nitrogen and oxygen atoms in total. The summed E-state index contributed by atoms with van der Waals surface area (Å²) in [6.07, 6.45) is 1.37. The van der Waals surface area contributed by atoms with Crippen molar-refractivity contribution in [3.8, 4) is 5.75 Å². The zero-order chi connectivity index (χ0) is 23.0. The first-order valence-corrected chi connectivity index (χ1v) is 11.1. The van der Waals surface area contributed by atoms with Crippen molar-refractivity contribution in [3.63, 3.8) is 0 Å². The lowest BCUT2D eigenvalue weighted by Crippen LogP contribution is -2.51. The van der Waals surface area contributed by atoms with Gasteiger partial charge in [0.15, 0.2) is 6.61 Å². The summed E-state index contributed by atoms with van der Waals surface area (Å²) < 4.78 is 5.85. The third-order valence-corrected chi connectivity index (χ3v) is 5.54. The molecule has 2 atom stereocenters. The molecule has 0 aliphatic carbocycles. The van der Waals surface area contributed by atoms with Gasteiger partial charge in [0, 0.05) is 12.6 Å². The van der Waals surface area contributed by atoms with Gasteiger partial charge in [-0.15, -0.1) is 0 Å². The smallest absolute Gasteiger partial charge is 0.261 e. The lowest BCUT2D eigenvalue weighted by atomic mass is 10.1. The van der Waals surface area contributed by atoms with E-state index in [0.717, 1.165) is 28.7 Å². The van der Waals surface area contributed by atoms with Gasteiger partial charge in [0.25, 0.3) is 5.91 Å². The number of hydrogen-bond donors (Lipinski definition) is 1. The second-order valence-corrected chi connectivity index (χ2v) is 8.31. The molecule has 0 aliphatic rings. The number of carbonyl (C=O) groups excluding carboxylic acids is 2. The van der Waals surface area contributed by atoms with E-state index in [1.165, 1.54) is 0 Å². The molecule has 5 heteroatoms. The molecule has 0 saturated carbocycles. The van der Waals surface area contributed by atoms with E-state index in [0.29, 0.717) is 18.7 Å². The fraction of sp³-hybridized carbons (Fsp3) is 0.462. The number of nitrogens with zero attached hydrogens (tertiary/aromatic N) is 1. The highest BCUT2D eigenvalue weighted by atomic mass is 16.5. The zero-order valence-electron chi connectivity index (χ0n) is 19.7. The van der Waals surface area contributed by atoms with Crippen molar-refractivity contribution in [1.82, 2.24) is 10.2 Å². The molecule has 0 saturated heterocycles. The highest BCUT2D eigenvalue weighted by Crippen LogP contribution is 2.20. The highest BCUT2D eigenvalue weighted by molar-refractivity contribution is 5.88. The van der Waals surface area contributed by atoms with Crippen LogP contribution in [0.15, 0.2) is 42.5 Å². The van der Waals surface area contributed by atoms with Gasteiger partial charge in [-0.25, -0.2) is 0 Å². The van der Waals surface area contributed by atoms with Crippen LogP contribution in [0, 0.1) is 20.8 Å². The van der Waals surface area contributed by atoms with Gasteiger partial charge in [0.2, 0.25) is 5.91 Å². The summed E-state index contributed by atoms with van der Waals surface area (Å²) in [6, 6.07) is 13.4. The van der Waals surface area contributed by atoms with Crippen LogP contribution in [0.2, 0.25) is 0 Å². The van der Waals surface area contributed by atoms with Gasteiger partial charge in [0.05, 0.1) is 0 Å². The maximum atomic E-state index is 13.2. The zero-order valence-corrected chi connectivity index (χ0v) is 19.7. The van der Waals surface area contributed by atoms with Crippen LogP contribution in [-0.4, -0.2) is 35.4 Å². The number of rotatable bonds is 10. The van der Waals surface area contributed by atoms with E-state index in [4.69, 9.17) is 4.74 Å². The van der Waals surface area contributed by atoms with Crippen molar-refractivity contribution in [2.75, 3.05) is 6.61 Å². The van der Waals surface area contributed by atoms with E-state index in [1.54, 1.807) is 4.90 Å². The molecule has 0 bridgehead atoms. The Hall–Kier alpha value is -2.82. The van der Waals surface area contributed by atoms with Crippen molar-refractivity contribution in [2.24, 2.45) is 0 Å². The van der Waals surface area contributed by atoms with Gasteiger partial charge in [-0.05, 0) is 57.7 Å². The topological polar surface area (TPSA) is 58.6 Å². The Morgan fingerprint density at radius 1 is 0.968 bits per heavy atom. The van der Waals surface area contributed by atoms with Crippen LogP contribution in [0.4, 0.5) is 0 Å². The molecule has 1 N–H and O–H groups in total. The third kappa shape index (κ3) is 7.12. The standard InChI is InChI=1S/C26H36N2O3/c1-7-21(6)27-26(30)23(8-2)28(16-22-12-9-18(3)10-13-22)25(29)17-31-24-14-11-19(4)15-20(24)5/h9-15,21,23H,7-8,16-17H2,1-6H3,(H,27,30)/t21-,23-/m1/s1. The molecule has 2 aromatic carbocycles. The quantitative estimate of drug-likeness (QED) is 0.601. The first-order valence-electron chi connectivity index (χ1n) is 11.1. The van der Waals surface area contributed by atoms with E-state index in [9.17, 15) is 9.59 Å². The lowest BCUT2D eigenvalue weighted by molar-refractivity contribution is -0.143. The number of hydrogen-bond acceptors (Lipinski definition) is 3. The Morgan fingerprint density at radius 3 is 2.19 bits per heavy atom. The summed E-state index contributed by atoms with van der Waals surface area (Å²) in [5.41, 5.74) is 4.27. The van der Waals surface area contributed by atoms with Crippen molar-refractivity contribution in [2.45, 2.75) is 73.0 Å².